The predicted molar refractivity (Wildman–Crippen MR) is 195 cm³/mol. The van der Waals surface area contributed by atoms with E-state index < -0.39 is 0 Å². The van der Waals surface area contributed by atoms with Crippen molar-refractivity contribution >= 4 is 65.6 Å². The molecule has 228 valence electrons. The largest absolute Gasteiger partial charge is 0.436 e. The molecule has 0 amide bonds. The molecule has 0 aliphatic heterocycles. The van der Waals surface area contributed by atoms with Crippen LogP contribution in [-0.2, 0) is 0 Å². The Kier molecular flexibility index (Phi) is 5.29. The van der Waals surface area contributed by atoms with Crippen LogP contribution in [0.3, 0.4) is 0 Å². The molecule has 0 saturated heterocycles. The van der Waals surface area contributed by atoms with E-state index in [1.807, 2.05) is 78.9 Å². The topological polar surface area (TPSA) is 78.1 Å². The number of oxazole rings is 3. The molecule has 6 heteroatoms. The molecule has 49 heavy (non-hydrogen) atoms. The number of nitrogens with zero attached hydrogens (tertiary/aromatic N) is 3. The lowest BCUT2D eigenvalue weighted by Gasteiger charge is -2.16. The van der Waals surface area contributed by atoms with Crippen LogP contribution in [0.25, 0.3) is 111 Å². The maximum atomic E-state index is 6.27. The molecule has 0 saturated carbocycles. The summed E-state index contributed by atoms with van der Waals surface area (Å²) in [5.74, 6) is 1.70. The standard InChI is InChI=1S/C43H23N3O3/c1-4-10-36-33(7-1)44-41(47-36)27-21-26(22-28(23-27)42-45-34-8-2-5-11-37(34)48-42)29-17-13-24-15-19-31-32(43-46-35-9-3-6-12-38(35)49-43)20-16-25-14-18-30(29)39(24)40(25)31/h1-23H. The van der Waals surface area contributed by atoms with Crippen molar-refractivity contribution in [2.24, 2.45) is 0 Å². The molecule has 0 bridgehead atoms. The van der Waals surface area contributed by atoms with Crippen LogP contribution < -0.4 is 0 Å². The predicted octanol–water partition coefficient (Wildman–Crippen LogP) is 11.7. The summed E-state index contributed by atoms with van der Waals surface area (Å²) in [6.07, 6.45) is 0. The Morgan fingerprint density at radius 3 is 1.29 bits per heavy atom. The first-order valence-corrected chi connectivity index (χ1v) is 16.2. The highest BCUT2D eigenvalue weighted by Gasteiger charge is 2.20. The molecule has 0 unspecified atom stereocenters. The first kappa shape index (κ1) is 26.3. The Hall–Kier alpha value is -6.79. The monoisotopic (exact) mass is 629 g/mol. The van der Waals surface area contributed by atoms with E-state index in [9.17, 15) is 0 Å². The molecule has 0 aliphatic carbocycles. The van der Waals surface area contributed by atoms with Crippen molar-refractivity contribution in [1.29, 1.82) is 0 Å². The number of benzene rings is 8. The summed E-state index contributed by atoms with van der Waals surface area (Å²) in [5, 5.41) is 6.96. The van der Waals surface area contributed by atoms with E-state index in [-0.39, 0.29) is 0 Å². The van der Waals surface area contributed by atoms with Gasteiger partial charge in [0, 0.05) is 16.7 Å². The van der Waals surface area contributed by atoms with Crippen LogP contribution in [0, 0.1) is 0 Å². The van der Waals surface area contributed by atoms with Crippen molar-refractivity contribution < 1.29 is 13.3 Å². The van der Waals surface area contributed by atoms with Crippen LogP contribution in [0.4, 0.5) is 0 Å². The Balaban J connectivity index is 1.16. The lowest BCUT2D eigenvalue weighted by Crippen LogP contribution is -1.91. The minimum absolute atomic E-state index is 0.543. The third-order valence-corrected chi connectivity index (χ3v) is 9.51. The van der Waals surface area contributed by atoms with Gasteiger partial charge in [0.2, 0.25) is 17.7 Å². The van der Waals surface area contributed by atoms with Gasteiger partial charge < -0.3 is 13.3 Å². The molecule has 11 aromatic rings. The second kappa shape index (κ2) is 9.86. The van der Waals surface area contributed by atoms with Crippen LogP contribution in [0.15, 0.2) is 153 Å². The Morgan fingerprint density at radius 2 is 0.755 bits per heavy atom. The van der Waals surface area contributed by atoms with Gasteiger partial charge in [-0.3, -0.25) is 0 Å². The lowest BCUT2D eigenvalue weighted by atomic mass is 9.88. The van der Waals surface area contributed by atoms with E-state index in [0.717, 1.165) is 77.3 Å². The zero-order valence-corrected chi connectivity index (χ0v) is 25.8. The number of para-hydroxylation sites is 6. The van der Waals surface area contributed by atoms with Gasteiger partial charge in [0.15, 0.2) is 16.7 Å². The average Bonchev–Trinajstić information content (AvgIpc) is 3.90. The highest BCUT2D eigenvalue weighted by molar-refractivity contribution is 6.27. The van der Waals surface area contributed by atoms with Crippen molar-refractivity contribution in [2.45, 2.75) is 0 Å². The lowest BCUT2D eigenvalue weighted by molar-refractivity contribution is 0.617. The van der Waals surface area contributed by atoms with E-state index in [2.05, 4.69) is 60.7 Å². The highest BCUT2D eigenvalue weighted by atomic mass is 16.4. The second-order valence-electron chi connectivity index (χ2n) is 12.4. The Labute approximate surface area is 278 Å². The average molecular weight is 630 g/mol. The summed E-state index contributed by atoms with van der Waals surface area (Å²) in [7, 11) is 0. The summed E-state index contributed by atoms with van der Waals surface area (Å²) >= 11 is 0. The molecule has 0 radical (unpaired) electrons. The number of hydrogen-bond donors (Lipinski definition) is 0. The van der Waals surface area contributed by atoms with E-state index >= 15 is 0 Å². The summed E-state index contributed by atoms with van der Waals surface area (Å²) in [6, 6.07) is 47.4. The molecule has 8 aromatic carbocycles. The minimum Gasteiger partial charge on any atom is -0.436 e. The number of aromatic nitrogens is 3. The van der Waals surface area contributed by atoms with E-state index in [0.29, 0.717) is 17.7 Å². The van der Waals surface area contributed by atoms with Crippen LogP contribution in [0.2, 0.25) is 0 Å². The summed E-state index contributed by atoms with van der Waals surface area (Å²) in [4.78, 5) is 14.5. The molecule has 11 rings (SSSR count). The van der Waals surface area contributed by atoms with Crippen molar-refractivity contribution in [3.05, 3.63) is 140 Å². The third kappa shape index (κ3) is 3.98. The quantitative estimate of drug-likeness (QED) is 0.180. The van der Waals surface area contributed by atoms with Crippen molar-refractivity contribution in [3.8, 4) is 45.5 Å². The fraction of sp³-hybridized carbons (Fsp3) is 0. The van der Waals surface area contributed by atoms with Gasteiger partial charge in [0.1, 0.15) is 16.6 Å². The molecular formula is C43H23N3O3. The molecular weight excluding hydrogens is 606 g/mol. The van der Waals surface area contributed by atoms with Gasteiger partial charge in [-0.1, -0.05) is 78.9 Å². The molecule has 0 N–H and O–H groups in total. The SMILES string of the molecule is c1ccc2oc(-c3cc(-c4nc5ccccc5o4)cc(-c4ccc5ccc6c(-c7nc8ccccc8o7)ccc7ccc4c5c76)c3)nc2c1. The molecule has 3 aromatic heterocycles. The molecule has 3 heterocycles. The summed E-state index contributed by atoms with van der Waals surface area (Å²) in [5.41, 5.74) is 9.47. The fourth-order valence-electron chi connectivity index (χ4n) is 7.25. The number of rotatable bonds is 4. The van der Waals surface area contributed by atoms with Gasteiger partial charge in [0.25, 0.3) is 0 Å². The van der Waals surface area contributed by atoms with Crippen molar-refractivity contribution in [1.82, 2.24) is 15.0 Å². The first-order chi connectivity index (χ1) is 24.2. The maximum Gasteiger partial charge on any atom is 0.227 e. The van der Waals surface area contributed by atoms with Gasteiger partial charge in [0.05, 0.1) is 0 Å². The molecule has 0 atom stereocenters. The normalized spacial score (nSPS) is 12.1. The van der Waals surface area contributed by atoms with Crippen LogP contribution in [-0.4, -0.2) is 15.0 Å². The smallest absolute Gasteiger partial charge is 0.227 e. The zero-order valence-electron chi connectivity index (χ0n) is 25.8. The third-order valence-electron chi connectivity index (χ3n) is 9.51. The molecule has 0 aliphatic rings. The van der Waals surface area contributed by atoms with Crippen LogP contribution in [0.5, 0.6) is 0 Å². The number of hydrogen-bond acceptors (Lipinski definition) is 6. The van der Waals surface area contributed by atoms with E-state index in [4.69, 9.17) is 28.2 Å². The van der Waals surface area contributed by atoms with Crippen LogP contribution in [0.1, 0.15) is 0 Å². The van der Waals surface area contributed by atoms with Crippen molar-refractivity contribution in [3.63, 3.8) is 0 Å². The highest BCUT2D eigenvalue weighted by Crippen LogP contribution is 2.44. The summed E-state index contributed by atoms with van der Waals surface area (Å²) in [6.45, 7) is 0. The van der Waals surface area contributed by atoms with E-state index in [1.54, 1.807) is 0 Å². The van der Waals surface area contributed by atoms with E-state index in [1.165, 1.54) is 16.2 Å². The second-order valence-corrected chi connectivity index (χ2v) is 12.4. The van der Waals surface area contributed by atoms with Gasteiger partial charge in [-0.25, -0.2) is 15.0 Å². The first-order valence-electron chi connectivity index (χ1n) is 16.2. The van der Waals surface area contributed by atoms with Gasteiger partial charge in [-0.15, -0.1) is 0 Å². The summed E-state index contributed by atoms with van der Waals surface area (Å²) < 4.78 is 18.8. The fourth-order valence-corrected chi connectivity index (χ4v) is 7.25. The Morgan fingerprint density at radius 1 is 0.347 bits per heavy atom. The molecule has 6 nitrogen and oxygen atoms in total. The number of fused-ring (bicyclic) bond motifs is 3. The van der Waals surface area contributed by atoms with Gasteiger partial charge in [-0.2, -0.15) is 0 Å². The molecule has 0 fully saturated rings. The molecule has 0 spiro atoms. The van der Waals surface area contributed by atoms with Crippen molar-refractivity contribution in [2.75, 3.05) is 0 Å². The Bertz CT molecular complexity index is 2880. The van der Waals surface area contributed by atoms with Gasteiger partial charge >= 0.3 is 0 Å². The minimum atomic E-state index is 0.543. The van der Waals surface area contributed by atoms with Gasteiger partial charge in [-0.05, 0) is 104 Å². The zero-order chi connectivity index (χ0) is 32.1. The van der Waals surface area contributed by atoms with Crippen LogP contribution >= 0.6 is 0 Å². The maximum absolute atomic E-state index is 6.27.